The zero-order chi connectivity index (χ0) is 11.4. The Morgan fingerprint density at radius 3 is 2.62 bits per heavy atom. The fraction of sp³-hybridized carbons (Fsp3) is 0.357. The molecule has 0 unspecified atom stereocenters. The quantitative estimate of drug-likeness (QED) is 0.558. The summed E-state index contributed by atoms with van der Waals surface area (Å²) in [5, 5.41) is 0. The van der Waals surface area contributed by atoms with Gasteiger partial charge in [-0.05, 0) is 31.9 Å². The molecular formula is C14H14O2. The van der Waals surface area contributed by atoms with Gasteiger partial charge in [0.25, 0.3) is 0 Å². The molecule has 0 aliphatic heterocycles. The molecule has 0 spiro atoms. The molecule has 82 valence electrons. The summed E-state index contributed by atoms with van der Waals surface area (Å²) in [4.78, 5) is 11.6. The van der Waals surface area contributed by atoms with Crippen molar-refractivity contribution in [3.8, 4) is 11.8 Å². The van der Waals surface area contributed by atoms with E-state index in [9.17, 15) is 4.79 Å². The van der Waals surface area contributed by atoms with Crippen molar-refractivity contribution in [2.45, 2.75) is 19.8 Å². The molecule has 1 saturated carbocycles. The van der Waals surface area contributed by atoms with E-state index in [2.05, 4.69) is 11.8 Å². The van der Waals surface area contributed by atoms with E-state index in [-0.39, 0.29) is 5.97 Å². The molecule has 1 aliphatic rings. The maximum Gasteiger partial charge on any atom is 0.324 e. The van der Waals surface area contributed by atoms with Crippen molar-refractivity contribution in [3.05, 3.63) is 35.9 Å². The lowest BCUT2D eigenvalue weighted by atomic mass is 10.1. The van der Waals surface area contributed by atoms with Crippen LogP contribution in [0.5, 0.6) is 0 Å². The van der Waals surface area contributed by atoms with Gasteiger partial charge in [-0.15, -0.1) is 0 Å². The summed E-state index contributed by atoms with van der Waals surface area (Å²) in [7, 11) is 0. The largest absolute Gasteiger partial charge is 0.465 e. The second kappa shape index (κ2) is 4.40. The molecule has 0 N–H and O–H groups in total. The Kier molecular flexibility index (Phi) is 2.96. The zero-order valence-electron chi connectivity index (χ0n) is 9.32. The van der Waals surface area contributed by atoms with Gasteiger partial charge in [0.15, 0.2) is 0 Å². The van der Waals surface area contributed by atoms with Crippen LogP contribution in [0.3, 0.4) is 0 Å². The van der Waals surface area contributed by atoms with E-state index in [1.54, 1.807) is 0 Å². The number of benzene rings is 1. The molecule has 1 aromatic carbocycles. The standard InChI is InChI=1S/C14H14O2/c1-2-16-13(15)14(10-11-14)9-8-12-6-4-3-5-7-12/h3-7H,2,10-11H2,1H3. The van der Waals surface area contributed by atoms with Crippen LogP contribution in [0.15, 0.2) is 30.3 Å². The number of hydrogen-bond donors (Lipinski definition) is 0. The van der Waals surface area contributed by atoms with Crippen LogP contribution in [0.4, 0.5) is 0 Å². The third-order valence-electron chi connectivity index (χ3n) is 2.64. The van der Waals surface area contributed by atoms with E-state index in [1.807, 2.05) is 37.3 Å². The van der Waals surface area contributed by atoms with E-state index < -0.39 is 5.41 Å². The number of rotatable bonds is 2. The van der Waals surface area contributed by atoms with Crippen LogP contribution in [-0.4, -0.2) is 12.6 Å². The highest BCUT2D eigenvalue weighted by molar-refractivity contribution is 5.84. The SMILES string of the molecule is CCOC(=O)C1(C#Cc2ccccc2)CC1. The van der Waals surface area contributed by atoms with E-state index in [1.165, 1.54) is 0 Å². The lowest BCUT2D eigenvalue weighted by molar-refractivity contribution is -0.147. The Morgan fingerprint density at radius 1 is 1.38 bits per heavy atom. The highest BCUT2D eigenvalue weighted by atomic mass is 16.5. The fourth-order valence-corrected chi connectivity index (χ4v) is 1.49. The van der Waals surface area contributed by atoms with Gasteiger partial charge in [0.1, 0.15) is 5.41 Å². The second-order valence-corrected chi connectivity index (χ2v) is 3.92. The minimum absolute atomic E-state index is 0.168. The second-order valence-electron chi connectivity index (χ2n) is 3.92. The Hall–Kier alpha value is -1.75. The summed E-state index contributed by atoms with van der Waals surface area (Å²) in [6, 6.07) is 9.70. The van der Waals surface area contributed by atoms with Gasteiger partial charge in [-0.1, -0.05) is 30.0 Å². The molecule has 16 heavy (non-hydrogen) atoms. The molecule has 0 amide bonds. The molecule has 0 saturated heterocycles. The zero-order valence-corrected chi connectivity index (χ0v) is 9.32. The minimum Gasteiger partial charge on any atom is -0.465 e. The van der Waals surface area contributed by atoms with Gasteiger partial charge >= 0.3 is 5.97 Å². The summed E-state index contributed by atoms with van der Waals surface area (Å²) in [5.41, 5.74) is 0.435. The maximum atomic E-state index is 11.6. The number of hydrogen-bond acceptors (Lipinski definition) is 2. The van der Waals surface area contributed by atoms with Crippen molar-refractivity contribution < 1.29 is 9.53 Å². The van der Waals surface area contributed by atoms with Crippen LogP contribution in [-0.2, 0) is 9.53 Å². The summed E-state index contributed by atoms with van der Waals surface area (Å²) in [6.45, 7) is 2.24. The topological polar surface area (TPSA) is 26.3 Å². The first-order valence-corrected chi connectivity index (χ1v) is 5.52. The molecule has 0 heterocycles. The van der Waals surface area contributed by atoms with Gasteiger partial charge in [-0.3, -0.25) is 4.79 Å². The molecule has 2 nitrogen and oxygen atoms in total. The molecule has 1 aliphatic carbocycles. The Bertz CT molecular complexity index is 433. The number of carbonyl (C=O) groups is 1. The monoisotopic (exact) mass is 214 g/mol. The van der Waals surface area contributed by atoms with Crippen LogP contribution >= 0.6 is 0 Å². The molecule has 0 aromatic heterocycles. The van der Waals surface area contributed by atoms with Gasteiger partial charge in [-0.25, -0.2) is 0 Å². The van der Waals surface area contributed by atoms with Crippen LogP contribution in [0, 0.1) is 17.3 Å². The summed E-state index contributed by atoms with van der Waals surface area (Å²) in [5.74, 6) is 5.91. The number of carbonyl (C=O) groups excluding carboxylic acids is 1. The van der Waals surface area contributed by atoms with Gasteiger partial charge < -0.3 is 4.74 Å². The van der Waals surface area contributed by atoms with Crippen LogP contribution in [0.25, 0.3) is 0 Å². The lowest BCUT2D eigenvalue weighted by Crippen LogP contribution is -2.17. The average molecular weight is 214 g/mol. The van der Waals surface area contributed by atoms with E-state index in [0.29, 0.717) is 6.61 Å². The third kappa shape index (κ3) is 2.25. The Labute approximate surface area is 95.6 Å². The highest BCUT2D eigenvalue weighted by Gasteiger charge is 2.50. The predicted octanol–water partition coefficient (Wildman–Crippen LogP) is 2.38. The predicted molar refractivity (Wildman–Crippen MR) is 61.6 cm³/mol. The lowest BCUT2D eigenvalue weighted by Gasteiger charge is -2.05. The van der Waals surface area contributed by atoms with Gasteiger partial charge in [0.05, 0.1) is 6.61 Å². The first-order chi connectivity index (χ1) is 7.77. The van der Waals surface area contributed by atoms with Gasteiger partial charge in [-0.2, -0.15) is 0 Å². The van der Waals surface area contributed by atoms with Crippen molar-refractivity contribution in [3.63, 3.8) is 0 Å². The minimum atomic E-state index is -0.508. The van der Waals surface area contributed by atoms with E-state index in [4.69, 9.17) is 4.74 Å². The fourth-order valence-electron chi connectivity index (χ4n) is 1.49. The van der Waals surface area contributed by atoms with E-state index in [0.717, 1.165) is 18.4 Å². The average Bonchev–Trinajstić information content (AvgIpc) is 3.09. The number of esters is 1. The molecule has 2 rings (SSSR count). The van der Waals surface area contributed by atoms with Gasteiger partial charge in [0, 0.05) is 5.56 Å². The van der Waals surface area contributed by atoms with Crippen molar-refractivity contribution in [1.82, 2.24) is 0 Å². The van der Waals surface area contributed by atoms with Crippen molar-refractivity contribution >= 4 is 5.97 Å². The summed E-state index contributed by atoms with van der Waals surface area (Å²) < 4.78 is 5.02. The highest BCUT2D eigenvalue weighted by Crippen LogP contribution is 2.46. The first-order valence-electron chi connectivity index (χ1n) is 5.52. The Morgan fingerprint density at radius 2 is 2.06 bits per heavy atom. The summed E-state index contributed by atoms with van der Waals surface area (Å²) in [6.07, 6.45) is 1.65. The van der Waals surface area contributed by atoms with Crippen molar-refractivity contribution in [1.29, 1.82) is 0 Å². The normalized spacial score (nSPS) is 15.8. The molecule has 0 bridgehead atoms. The third-order valence-corrected chi connectivity index (χ3v) is 2.64. The first kappa shape index (κ1) is 10.8. The molecule has 1 aromatic rings. The molecule has 2 heteroatoms. The molecule has 0 radical (unpaired) electrons. The molecular weight excluding hydrogens is 200 g/mol. The van der Waals surface area contributed by atoms with E-state index >= 15 is 0 Å². The van der Waals surface area contributed by atoms with Crippen molar-refractivity contribution in [2.24, 2.45) is 5.41 Å². The number of ether oxygens (including phenoxy) is 1. The smallest absolute Gasteiger partial charge is 0.324 e. The van der Waals surface area contributed by atoms with Crippen molar-refractivity contribution in [2.75, 3.05) is 6.61 Å². The molecule has 1 fully saturated rings. The van der Waals surface area contributed by atoms with Gasteiger partial charge in [0.2, 0.25) is 0 Å². The molecule has 0 atom stereocenters. The van der Waals surface area contributed by atoms with Crippen LogP contribution in [0.2, 0.25) is 0 Å². The Balaban J connectivity index is 2.10. The maximum absolute atomic E-state index is 11.6. The van der Waals surface area contributed by atoms with Crippen LogP contribution < -0.4 is 0 Å². The van der Waals surface area contributed by atoms with Crippen LogP contribution in [0.1, 0.15) is 25.3 Å². The summed E-state index contributed by atoms with van der Waals surface area (Å²) >= 11 is 0.